The van der Waals surface area contributed by atoms with E-state index < -0.39 is 0 Å². The molecule has 0 aliphatic rings. The van der Waals surface area contributed by atoms with Gasteiger partial charge in [0.05, 0.1) is 0 Å². The number of hydrogen-bond donors (Lipinski definition) is 1. The van der Waals surface area contributed by atoms with Crippen molar-refractivity contribution in [2.45, 2.75) is 12.5 Å². The van der Waals surface area contributed by atoms with E-state index in [-0.39, 0.29) is 6.04 Å². The molecule has 1 atom stereocenters. The van der Waals surface area contributed by atoms with Gasteiger partial charge >= 0.3 is 0 Å². The molecule has 0 amide bonds. The van der Waals surface area contributed by atoms with Gasteiger partial charge in [0, 0.05) is 36.3 Å². The number of rotatable bonds is 3. The minimum atomic E-state index is 0.128. The average molecular weight is 206 g/mol. The summed E-state index contributed by atoms with van der Waals surface area (Å²) in [6, 6.07) is 8.44. The molecule has 0 fully saturated rings. The smallest absolute Gasteiger partial charge is 0.0445 e. The standard InChI is InChI=1S/C11H14N2S/c1-13-6-2-4-9(13)8-10(12)11-5-3-7-14-11/h2-7,10H,8,12H2,1H3. The lowest BCUT2D eigenvalue weighted by atomic mass is 10.1. The molecule has 0 bridgehead atoms. The average Bonchev–Trinajstić information content (AvgIpc) is 2.77. The van der Waals surface area contributed by atoms with E-state index >= 15 is 0 Å². The molecule has 2 nitrogen and oxygen atoms in total. The Kier molecular flexibility index (Phi) is 2.70. The second-order valence-electron chi connectivity index (χ2n) is 3.44. The van der Waals surface area contributed by atoms with Gasteiger partial charge in [0.15, 0.2) is 0 Å². The topological polar surface area (TPSA) is 30.9 Å². The Morgan fingerprint density at radius 1 is 1.43 bits per heavy atom. The molecule has 2 aromatic heterocycles. The number of nitrogens with two attached hydrogens (primary N) is 1. The molecule has 14 heavy (non-hydrogen) atoms. The second-order valence-corrected chi connectivity index (χ2v) is 4.42. The van der Waals surface area contributed by atoms with Crippen LogP contribution in [0.4, 0.5) is 0 Å². The summed E-state index contributed by atoms with van der Waals surface area (Å²) in [5, 5.41) is 2.07. The summed E-state index contributed by atoms with van der Waals surface area (Å²) in [5.74, 6) is 0. The van der Waals surface area contributed by atoms with E-state index in [1.165, 1.54) is 10.6 Å². The minimum absolute atomic E-state index is 0.128. The molecule has 0 aliphatic heterocycles. The molecule has 2 N–H and O–H groups in total. The number of thiophene rings is 1. The van der Waals surface area contributed by atoms with Crippen LogP contribution in [0.3, 0.4) is 0 Å². The lowest BCUT2D eigenvalue weighted by Gasteiger charge is -2.10. The third-order valence-corrected chi connectivity index (χ3v) is 3.39. The van der Waals surface area contributed by atoms with Crippen molar-refractivity contribution in [2.75, 3.05) is 0 Å². The van der Waals surface area contributed by atoms with Crippen LogP contribution in [-0.2, 0) is 13.5 Å². The monoisotopic (exact) mass is 206 g/mol. The van der Waals surface area contributed by atoms with E-state index in [4.69, 9.17) is 5.73 Å². The van der Waals surface area contributed by atoms with Gasteiger partial charge < -0.3 is 10.3 Å². The summed E-state index contributed by atoms with van der Waals surface area (Å²) in [6.07, 6.45) is 2.96. The van der Waals surface area contributed by atoms with Crippen LogP contribution >= 0.6 is 11.3 Å². The molecular weight excluding hydrogens is 192 g/mol. The number of hydrogen-bond acceptors (Lipinski definition) is 2. The summed E-state index contributed by atoms with van der Waals surface area (Å²) in [4.78, 5) is 1.26. The van der Waals surface area contributed by atoms with Gasteiger partial charge in [-0.05, 0) is 23.6 Å². The normalized spacial score (nSPS) is 13.0. The van der Waals surface area contributed by atoms with E-state index in [2.05, 4.69) is 41.4 Å². The van der Waals surface area contributed by atoms with Crippen molar-refractivity contribution in [3.05, 3.63) is 46.4 Å². The molecule has 0 saturated heterocycles. The first-order valence-electron chi connectivity index (χ1n) is 4.66. The highest BCUT2D eigenvalue weighted by Gasteiger charge is 2.09. The first-order chi connectivity index (χ1) is 6.77. The summed E-state index contributed by atoms with van der Waals surface area (Å²) in [5.41, 5.74) is 7.38. The van der Waals surface area contributed by atoms with Crippen molar-refractivity contribution >= 4 is 11.3 Å². The first-order valence-corrected chi connectivity index (χ1v) is 5.54. The maximum atomic E-state index is 6.10. The number of nitrogens with zero attached hydrogens (tertiary/aromatic N) is 1. The molecule has 74 valence electrons. The Balaban J connectivity index is 2.09. The van der Waals surface area contributed by atoms with Gasteiger partial charge in [0.2, 0.25) is 0 Å². The second kappa shape index (κ2) is 3.98. The van der Waals surface area contributed by atoms with Crippen molar-refractivity contribution in [3.8, 4) is 0 Å². The molecule has 1 unspecified atom stereocenters. The van der Waals surface area contributed by atoms with Crippen LogP contribution in [0.1, 0.15) is 16.6 Å². The van der Waals surface area contributed by atoms with E-state index in [1.54, 1.807) is 11.3 Å². The van der Waals surface area contributed by atoms with Crippen molar-refractivity contribution in [1.29, 1.82) is 0 Å². The Labute approximate surface area is 88.0 Å². The molecule has 0 aromatic carbocycles. The minimum Gasteiger partial charge on any atom is -0.354 e. The maximum absolute atomic E-state index is 6.10. The zero-order valence-electron chi connectivity index (χ0n) is 8.18. The molecule has 0 radical (unpaired) electrons. The zero-order valence-corrected chi connectivity index (χ0v) is 9.00. The van der Waals surface area contributed by atoms with Crippen LogP contribution in [-0.4, -0.2) is 4.57 Å². The molecule has 0 aliphatic carbocycles. The molecule has 2 aromatic rings. The van der Waals surface area contributed by atoms with E-state index in [1.807, 2.05) is 6.07 Å². The Morgan fingerprint density at radius 3 is 2.86 bits per heavy atom. The van der Waals surface area contributed by atoms with Crippen molar-refractivity contribution in [2.24, 2.45) is 12.8 Å². The largest absolute Gasteiger partial charge is 0.354 e. The summed E-state index contributed by atoms with van der Waals surface area (Å²) < 4.78 is 2.12. The van der Waals surface area contributed by atoms with Gasteiger partial charge in [0.25, 0.3) is 0 Å². The molecule has 2 rings (SSSR count). The van der Waals surface area contributed by atoms with Crippen LogP contribution in [0.25, 0.3) is 0 Å². The summed E-state index contributed by atoms with van der Waals surface area (Å²) in [6.45, 7) is 0. The van der Waals surface area contributed by atoms with Crippen molar-refractivity contribution in [3.63, 3.8) is 0 Å². The summed E-state index contributed by atoms with van der Waals surface area (Å²) >= 11 is 1.72. The Bertz CT molecular complexity index is 389. The fraction of sp³-hybridized carbons (Fsp3) is 0.273. The lowest BCUT2D eigenvalue weighted by Crippen LogP contribution is -2.13. The predicted octanol–water partition coefficient (Wildman–Crippen LogP) is 2.33. The highest BCUT2D eigenvalue weighted by Crippen LogP contribution is 2.20. The number of aryl methyl sites for hydroxylation is 1. The van der Waals surface area contributed by atoms with E-state index in [9.17, 15) is 0 Å². The van der Waals surface area contributed by atoms with Gasteiger partial charge in [-0.3, -0.25) is 0 Å². The fourth-order valence-corrected chi connectivity index (χ4v) is 2.27. The van der Waals surface area contributed by atoms with Crippen LogP contribution in [0.2, 0.25) is 0 Å². The Hall–Kier alpha value is -1.06. The highest BCUT2D eigenvalue weighted by atomic mass is 32.1. The molecule has 0 saturated carbocycles. The molecular formula is C11H14N2S. The van der Waals surface area contributed by atoms with Crippen LogP contribution < -0.4 is 5.73 Å². The van der Waals surface area contributed by atoms with Crippen molar-refractivity contribution < 1.29 is 0 Å². The first kappa shape index (κ1) is 9.49. The van der Waals surface area contributed by atoms with Crippen LogP contribution in [0.15, 0.2) is 35.8 Å². The SMILES string of the molecule is Cn1cccc1CC(N)c1cccs1. The maximum Gasteiger partial charge on any atom is 0.0445 e. The van der Waals surface area contributed by atoms with Gasteiger partial charge in [0.1, 0.15) is 0 Å². The van der Waals surface area contributed by atoms with E-state index in [0.717, 1.165) is 6.42 Å². The van der Waals surface area contributed by atoms with Gasteiger partial charge in [-0.15, -0.1) is 11.3 Å². The van der Waals surface area contributed by atoms with Crippen molar-refractivity contribution in [1.82, 2.24) is 4.57 Å². The van der Waals surface area contributed by atoms with E-state index in [0.29, 0.717) is 0 Å². The molecule has 2 heterocycles. The number of aromatic nitrogens is 1. The third kappa shape index (κ3) is 1.89. The third-order valence-electron chi connectivity index (χ3n) is 2.39. The highest BCUT2D eigenvalue weighted by molar-refractivity contribution is 7.10. The van der Waals surface area contributed by atoms with Gasteiger partial charge in [-0.1, -0.05) is 6.07 Å². The van der Waals surface area contributed by atoms with Gasteiger partial charge in [-0.25, -0.2) is 0 Å². The predicted molar refractivity (Wildman–Crippen MR) is 60.4 cm³/mol. The molecule has 3 heteroatoms. The fourth-order valence-electron chi connectivity index (χ4n) is 1.54. The summed E-state index contributed by atoms with van der Waals surface area (Å²) in [7, 11) is 2.05. The lowest BCUT2D eigenvalue weighted by molar-refractivity contribution is 0.687. The molecule has 0 spiro atoms. The zero-order chi connectivity index (χ0) is 9.97. The van der Waals surface area contributed by atoms with Gasteiger partial charge in [-0.2, -0.15) is 0 Å². The Morgan fingerprint density at radius 2 is 2.29 bits per heavy atom. The van der Waals surface area contributed by atoms with Crippen LogP contribution in [0.5, 0.6) is 0 Å². The quantitative estimate of drug-likeness (QED) is 0.821. The van der Waals surface area contributed by atoms with Crippen LogP contribution in [0, 0.1) is 0 Å².